The smallest absolute Gasteiger partial charge is 0.407 e. The number of amides is 2. The molecule has 2 aliphatic rings. The molecule has 7 nitrogen and oxygen atoms in total. The molecule has 1 atom stereocenters. The molecule has 4 rings (SSSR count). The van der Waals surface area contributed by atoms with Gasteiger partial charge in [0.25, 0.3) is 0 Å². The van der Waals surface area contributed by atoms with E-state index in [1.807, 2.05) is 24.3 Å². The Hall–Kier alpha value is -3.00. The zero-order valence-electron chi connectivity index (χ0n) is 18.5. The molecule has 2 amide bonds. The van der Waals surface area contributed by atoms with Gasteiger partial charge in [-0.25, -0.2) is 4.79 Å². The maximum Gasteiger partial charge on any atom is 0.407 e. The third-order valence-electron chi connectivity index (χ3n) is 6.44. The van der Waals surface area contributed by atoms with Crippen LogP contribution in [-0.2, 0) is 14.3 Å². The Kier molecular flexibility index (Phi) is 7.23. The van der Waals surface area contributed by atoms with Crippen molar-refractivity contribution in [3.8, 4) is 11.1 Å². The lowest BCUT2D eigenvalue weighted by Gasteiger charge is -2.41. The van der Waals surface area contributed by atoms with Crippen molar-refractivity contribution < 1.29 is 24.2 Å². The molecule has 8 heteroatoms. The molecule has 2 aromatic carbocycles. The summed E-state index contributed by atoms with van der Waals surface area (Å²) in [5.41, 5.74) is 4.72. The number of carboxylic acids is 1. The van der Waals surface area contributed by atoms with Crippen molar-refractivity contribution >= 4 is 29.7 Å². The van der Waals surface area contributed by atoms with Gasteiger partial charge in [-0.3, -0.25) is 9.59 Å². The zero-order chi connectivity index (χ0) is 23.4. The van der Waals surface area contributed by atoms with Crippen LogP contribution in [0.4, 0.5) is 4.79 Å². The third-order valence-corrected chi connectivity index (χ3v) is 7.39. The van der Waals surface area contributed by atoms with Gasteiger partial charge >= 0.3 is 12.1 Å². The predicted octanol–water partition coefficient (Wildman–Crippen LogP) is 3.44. The Labute approximate surface area is 197 Å². The molecule has 2 N–H and O–H groups in total. The fourth-order valence-corrected chi connectivity index (χ4v) is 5.11. The van der Waals surface area contributed by atoms with Gasteiger partial charge < -0.3 is 20.1 Å². The van der Waals surface area contributed by atoms with Crippen molar-refractivity contribution in [2.24, 2.45) is 11.8 Å². The number of rotatable bonds is 9. The lowest BCUT2D eigenvalue weighted by molar-refractivity contribution is -0.149. The number of ether oxygens (including phenoxy) is 1. The van der Waals surface area contributed by atoms with Crippen LogP contribution in [0.25, 0.3) is 11.1 Å². The van der Waals surface area contributed by atoms with Crippen LogP contribution >= 0.6 is 11.8 Å². The highest BCUT2D eigenvalue weighted by molar-refractivity contribution is 7.99. The minimum absolute atomic E-state index is 0.00924. The molecule has 174 valence electrons. The van der Waals surface area contributed by atoms with Crippen LogP contribution in [-0.4, -0.2) is 65.7 Å². The Morgan fingerprint density at radius 1 is 1.09 bits per heavy atom. The number of thioether (sulfide) groups is 1. The fourth-order valence-electron chi connectivity index (χ4n) is 4.36. The van der Waals surface area contributed by atoms with Gasteiger partial charge in [-0.15, -0.1) is 0 Å². The molecule has 1 aliphatic carbocycles. The van der Waals surface area contributed by atoms with Crippen molar-refractivity contribution in [1.29, 1.82) is 0 Å². The van der Waals surface area contributed by atoms with Crippen molar-refractivity contribution in [3.05, 3.63) is 59.7 Å². The van der Waals surface area contributed by atoms with Crippen LogP contribution in [0, 0.1) is 11.8 Å². The van der Waals surface area contributed by atoms with Gasteiger partial charge in [-0.05, 0) is 22.3 Å². The average Bonchev–Trinajstić information content (AvgIpc) is 3.10. The van der Waals surface area contributed by atoms with E-state index < -0.39 is 18.0 Å². The normalized spacial score (nSPS) is 15.8. The van der Waals surface area contributed by atoms with Crippen LogP contribution in [0.2, 0.25) is 0 Å². The first-order valence-electron chi connectivity index (χ1n) is 11.1. The molecule has 33 heavy (non-hydrogen) atoms. The average molecular weight is 469 g/mol. The van der Waals surface area contributed by atoms with Gasteiger partial charge in [-0.1, -0.05) is 55.5 Å². The summed E-state index contributed by atoms with van der Waals surface area (Å²) in [6.45, 7) is 3.37. The summed E-state index contributed by atoms with van der Waals surface area (Å²) in [5, 5.41) is 11.8. The van der Waals surface area contributed by atoms with Gasteiger partial charge in [0.2, 0.25) is 5.91 Å². The molecular weight excluding hydrogens is 440 g/mol. The van der Waals surface area contributed by atoms with Crippen LogP contribution in [0.3, 0.4) is 0 Å². The monoisotopic (exact) mass is 468 g/mol. The molecule has 0 aromatic heterocycles. The van der Waals surface area contributed by atoms with Crippen LogP contribution in [0.1, 0.15) is 24.0 Å². The lowest BCUT2D eigenvalue weighted by Crippen LogP contribution is -2.54. The Bertz CT molecular complexity index is 991. The summed E-state index contributed by atoms with van der Waals surface area (Å²) in [7, 11) is 0. The number of fused-ring (bicyclic) bond motifs is 3. The van der Waals surface area contributed by atoms with Crippen LogP contribution in [0.5, 0.6) is 0 Å². The van der Waals surface area contributed by atoms with E-state index in [-0.39, 0.29) is 24.3 Å². The third kappa shape index (κ3) is 5.16. The Morgan fingerprint density at radius 2 is 1.70 bits per heavy atom. The van der Waals surface area contributed by atoms with Crippen LogP contribution < -0.4 is 5.32 Å². The van der Waals surface area contributed by atoms with Gasteiger partial charge in [0.1, 0.15) is 6.61 Å². The van der Waals surface area contributed by atoms with Crippen molar-refractivity contribution in [2.75, 3.05) is 37.7 Å². The minimum atomic E-state index is -0.819. The first kappa shape index (κ1) is 23.2. The first-order chi connectivity index (χ1) is 16.0. The molecule has 1 saturated heterocycles. The van der Waals surface area contributed by atoms with Gasteiger partial charge in [0.05, 0.1) is 11.7 Å². The molecule has 2 aromatic rings. The van der Waals surface area contributed by atoms with E-state index in [4.69, 9.17) is 9.84 Å². The maximum absolute atomic E-state index is 12.2. The molecule has 1 aliphatic heterocycles. The molecule has 0 saturated carbocycles. The van der Waals surface area contributed by atoms with Gasteiger partial charge in [0.15, 0.2) is 0 Å². The first-order valence-corrected chi connectivity index (χ1v) is 12.3. The number of likely N-dealkylation sites (tertiary alicyclic amines) is 1. The zero-order valence-corrected chi connectivity index (χ0v) is 19.3. The summed E-state index contributed by atoms with van der Waals surface area (Å²) in [4.78, 5) is 37.0. The van der Waals surface area contributed by atoms with E-state index in [2.05, 4.69) is 29.6 Å². The van der Waals surface area contributed by atoms with E-state index in [1.54, 1.807) is 11.8 Å². The molecule has 1 fully saturated rings. The Morgan fingerprint density at radius 3 is 2.30 bits per heavy atom. The maximum atomic E-state index is 12.2. The number of alkyl carbamates (subject to hydrolysis) is 1. The second-order valence-corrected chi connectivity index (χ2v) is 9.60. The topological polar surface area (TPSA) is 95.9 Å². The standard InChI is InChI=1S/C25H28N2O5S/c1-16(24(29)30)17-12-27(13-17)23(28)15-33-11-10-26-25(31)32-14-22-20-8-4-2-6-18(20)19-7-3-5-9-21(19)22/h2-9,16-17,22H,10-15H2,1H3,(H,26,31)(H,29,30). The Balaban J connectivity index is 1.14. The number of benzene rings is 2. The van der Waals surface area contributed by atoms with Crippen LogP contribution in [0.15, 0.2) is 48.5 Å². The van der Waals surface area contributed by atoms with E-state index in [0.717, 1.165) is 0 Å². The number of carboxylic acid groups (broad SMARTS) is 1. The molecule has 1 heterocycles. The predicted molar refractivity (Wildman–Crippen MR) is 127 cm³/mol. The molecule has 0 spiro atoms. The number of hydrogen-bond acceptors (Lipinski definition) is 5. The fraction of sp³-hybridized carbons (Fsp3) is 0.400. The van der Waals surface area contributed by atoms with Crippen molar-refractivity contribution in [3.63, 3.8) is 0 Å². The highest BCUT2D eigenvalue weighted by Gasteiger charge is 2.36. The number of carbonyl (C=O) groups is 3. The van der Waals surface area contributed by atoms with E-state index in [1.165, 1.54) is 34.0 Å². The SMILES string of the molecule is CC(C(=O)O)C1CN(C(=O)CSCCNC(=O)OCC2c3ccccc3-c3ccccc32)C1. The second-order valence-electron chi connectivity index (χ2n) is 8.49. The van der Waals surface area contributed by atoms with E-state index in [9.17, 15) is 14.4 Å². The van der Waals surface area contributed by atoms with Crippen molar-refractivity contribution in [1.82, 2.24) is 10.2 Å². The van der Waals surface area contributed by atoms with E-state index in [0.29, 0.717) is 31.1 Å². The summed E-state index contributed by atoms with van der Waals surface area (Å²) < 4.78 is 5.50. The highest BCUT2D eigenvalue weighted by Crippen LogP contribution is 2.44. The minimum Gasteiger partial charge on any atom is -0.481 e. The lowest BCUT2D eigenvalue weighted by atomic mass is 9.87. The summed E-state index contributed by atoms with van der Waals surface area (Å²) in [6, 6.07) is 16.4. The number of carbonyl (C=O) groups excluding carboxylic acids is 2. The van der Waals surface area contributed by atoms with E-state index >= 15 is 0 Å². The van der Waals surface area contributed by atoms with Gasteiger partial charge in [0, 0.05) is 37.2 Å². The summed E-state index contributed by atoms with van der Waals surface area (Å²) >= 11 is 1.44. The second kappa shape index (κ2) is 10.3. The van der Waals surface area contributed by atoms with Crippen molar-refractivity contribution in [2.45, 2.75) is 12.8 Å². The number of nitrogens with one attached hydrogen (secondary N) is 1. The summed E-state index contributed by atoms with van der Waals surface area (Å²) in [5.74, 6) is -0.260. The number of nitrogens with zero attached hydrogens (tertiary/aromatic N) is 1. The molecule has 0 bridgehead atoms. The molecular formula is C25H28N2O5S. The largest absolute Gasteiger partial charge is 0.481 e. The quantitative estimate of drug-likeness (QED) is 0.548. The molecule has 1 unspecified atom stereocenters. The summed E-state index contributed by atoms with van der Waals surface area (Å²) in [6.07, 6.45) is -0.461. The van der Waals surface area contributed by atoms with Gasteiger partial charge in [-0.2, -0.15) is 11.8 Å². The number of aliphatic carboxylic acids is 1. The number of hydrogen-bond donors (Lipinski definition) is 2. The molecule has 0 radical (unpaired) electrons. The highest BCUT2D eigenvalue weighted by atomic mass is 32.2.